The molecule has 0 heterocycles. The molecule has 1 aromatic rings. The van der Waals surface area contributed by atoms with Gasteiger partial charge < -0.3 is 0 Å². The Bertz CT molecular complexity index is 708. The predicted molar refractivity (Wildman–Crippen MR) is 112 cm³/mol. The Hall–Kier alpha value is -1.23. The zero-order valence-corrected chi connectivity index (χ0v) is 17.4. The molecule has 0 fully saturated rings. The topological polar surface area (TPSA) is 26.3 Å². The van der Waals surface area contributed by atoms with Gasteiger partial charge in [0.1, 0.15) is 0 Å². The minimum atomic E-state index is -2.84. The van der Waals surface area contributed by atoms with Gasteiger partial charge >= 0.3 is 0 Å². The molecule has 0 aliphatic carbocycles. The molecule has 1 unspecified atom stereocenters. The minimum Gasteiger partial charge on any atom is -0.282 e. The molecule has 0 aliphatic heterocycles. The molecule has 0 aliphatic rings. The maximum Gasteiger partial charge on any atom is 0.173 e. The predicted octanol–water partition coefficient (Wildman–Crippen LogP) is 6.14. The highest BCUT2D eigenvalue weighted by atomic mass is 32.8. The number of rotatable bonds is 10. The fourth-order valence-corrected chi connectivity index (χ4v) is 3.63. The normalized spacial score (nSPS) is 14.9. The van der Waals surface area contributed by atoms with E-state index in [0.29, 0.717) is 4.90 Å². The fourth-order valence-electron chi connectivity index (χ4n) is 2.26. The van der Waals surface area contributed by atoms with E-state index in [9.17, 15) is 4.21 Å². The van der Waals surface area contributed by atoms with Crippen LogP contribution in [0.2, 0.25) is 0 Å². The first kappa shape index (κ1) is 21.8. The van der Waals surface area contributed by atoms with E-state index in [1.165, 1.54) is 16.7 Å². The lowest BCUT2D eigenvalue weighted by atomic mass is 10.1. The van der Waals surface area contributed by atoms with Gasteiger partial charge in [-0.1, -0.05) is 53.1 Å². The van der Waals surface area contributed by atoms with Crippen LogP contribution in [0, 0.1) is 0 Å². The lowest BCUT2D eigenvalue weighted by molar-refractivity contribution is 0.391. The minimum absolute atomic E-state index is 0.284. The zero-order chi connectivity index (χ0) is 18.7. The summed E-state index contributed by atoms with van der Waals surface area (Å²) in [7, 11) is -2.84. The highest BCUT2D eigenvalue weighted by molar-refractivity contribution is 8.30. The third kappa shape index (κ3) is 9.73. The second kappa shape index (κ2) is 11.4. The van der Waals surface area contributed by atoms with Crippen molar-refractivity contribution in [3.05, 3.63) is 65.3 Å². The first-order chi connectivity index (χ1) is 11.8. The van der Waals surface area contributed by atoms with Crippen molar-refractivity contribution in [3.8, 4) is 0 Å². The molecule has 1 atom stereocenters. The van der Waals surface area contributed by atoms with Crippen molar-refractivity contribution in [1.29, 1.82) is 0 Å². The van der Waals surface area contributed by atoms with Gasteiger partial charge in [-0.2, -0.15) is 0 Å². The second-order valence-corrected chi connectivity index (χ2v) is 9.44. The molecule has 0 bridgehead atoms. The van der Waals surface area contributed by atoms with Crippen LogP contribution in [0.25, 0.3) is 0 Å². The number of benzene rings is 1. The molecule has 4 heteroatoms. The van der Waals surface area contributed by atoms with Crippen molar-refractivity contribution in [2.45, 2.75) is 58.3 Å². The standard InChI is InChI=1S/C21H30O2S2/c1-18(2)10-8-11-19(3)12-9-13-20(4)16-17-23-25(22,24)21-14-6-5-7-15-21/h5-7,10,12,14-16H,8-9,11,13,17H2,1-4H3. The van der Waals surface area contributed by atoms with Gasteiger partial charge in [0.05, 0.1) is 11.5 Å². The van der Waals surface area contributed by atoms with Crippen LogP contribution >= 0.6 is 0 Å². The highest BCUT2D eigenvalue weighted by Gasteiger charge is 2.08. The maximum atomic E-state index is 12.4. The summed E-state index contributed by atoms with van der Waals surface area (Å²) >= 11 is 5.10. The summed E-state index contributed by atoms with van der Waals surface area (Å²) in [5, 5.41) is 0. The molecule has 0 spiro atoms. The Morgan fingerprint density at radius 1 is 0.960 bits per heavy atom. The summed E-state index contributed by atoms with van der Waals surface area (Å²) in [5.74, 6) is 0. The highest BCUT2D eigenvalue weighted by Crippen LogP contribution is 2.14. The van der Waals surface area contributed by atoms with E-state index in [1.807, 2.05) is 24.3 Å². The number of hydrogen-bond acceptors (Lipinski definition) is 3. The van der Waals surface area contributed by atoms with Crippen molar-refractivity contribution in [2.24, 2.45) is 0 Å². The van der Waals surface area contributed by atoms with Crippen molar-refractivity contribution >= 4 is 20.0 Å². The molecule has 1 rings (SSSR count). The molecular weight excluding hydrogens is 348 g/mol. The molecule has 0 radical (unpaired) electrons. The quantitative estimate of drug-likeness (QED) is 0.457. The average Bonchev–Trinajstić information content (AvgIpc) is 2.55. The number of allylic oxidation sites excluding steroid dienone is 5. The van der Waals surface area contributed by atoms with Crippen LogP contribution in [0.5, 0.6) is 0 Å². The second-order valence-electron chi connectivity index (χ2n) is 6.51. The lowest BCUT2D eigenvalue weighted by Crippen LogP contribution is -2.05. The van der Waals surface area contributed by atoms with Gasteiger partial charge in [-0.25, -0.2) is 4.21 Å². The first-order valence-corrected chi connectivity index (χ1v) is 11.1. The molecule has 25 heavy (non-hydrogen) atoms. The summed E-state index contributed by atoms with van der Waals surface area (Å²) < 4.78 is 17.8. The van der Waals surface area contributed by atoms with Crippen LogP contribution in [-0.4, -0.2) is 10.8 Å². The summed E-state index contributed by atoms with van der Waals surface area (Å²) in [6.07, 6.45) is 10.8. The fraction of sp³-hybridized carbons (Fsp3) is 0.429. The van der Waals surface area contributed by atoms with Crippen molar-refractivity contribution in [3.63, 3.8) is 0 Å². The molecule has 0 amide bonds. The smallest absolute Gasteiger partial charge is 0.173 e. The summed E-state index contributed by atoms with van der Waals surface area (Å²) in [6, 6.07) is 8.99. The van der Waals surface area contributed by atoms with Gasteiger partial charge in [0.2, 0.25) is 0 Å². The third-order valence-electron chi connectivity index (χ3n) is 3.81. The van der Waals surface area contributed by atoms with E-state index in [1.54, 1.807) is 12.1 Å². The molecule has 138 valence electrons. The van der Waals surface area contributed by atoms with Gasteiger partial charge in [-0.05, 0) is 65.5 Å². The van der Waals surface area contributed by atoms with Crippen molar-refractivity contribution in [1.82, 2.24) is 0 Å². The van der Waals surface area contributed by atoms with Crippen LogP contribution < -0.4 is 0 Å². The average molecular weight is 379 g/mol. The zero-order valence-electron chi connectivity index (χ0n) is 15.8. The molecule has 0 saturated heterocycles. The Morgan fingerprint density at radius 3 is 2.12 bits per heavy atom. The van der Waals surface area contributed by atoms with Crippen LogP contribution in [0.3, 0.4) is 0 Å². The van der Waals surface area contributed by atoms with Gasteiger partial charge in [-0.3, -0.25) is 4.18 Å². The van der Waals surface area contributed by atoms with E-state index < -0.39 is 8.77 Å². The largest absolute Gasteiger partial charge is 0.282 e. The van der Waals surface area contributed by atoms with Gasteiger partial charge in [0.25, 0.3) is 0 Å². The lowest BCUT2D eigenvalue weighted by Gasteiger charge is -2.07. The van der Waals surface area contributed by atoms with Gasteiger partial charge in [-0.15, -0.1) is 0 Å². The Balaban J connectivity index is 2.38. The van der Waals surface area contributed by atoms with E-state index in [4.69, 9.17) is 15.4 Å². The van der Waals surface area contributed by atoms with Gasteiger partial charge in [0, 0.05) is 11.2 Å². The number of hydrogen-bond donors (Lipinski definition) is 0. The monoisotopic (exact) mass is 378 g/mol. The molecular formula is C21H30O2S2. The Morgan fingerprint density at radius 2 is 1.52 bits per heavy atom. The molecule has 2 nitrogen and oxygen atoms in total. The summed E-state index contributed by atoms with van der Waals surface area (Å²) in [4.78, 5) is 0.561. The van der Waals surface area contributed by atoms with E-state index in [-0.39, 0.29) is 6.61 Å². The van der Waals surface area contributed by atoms with Crippen molar-refractivity contribution < 1.29 is 8.39 Å². The molecule has 1 aromatic carbocycles. The first-order valence-electron chi connectivity index (χ1n) is 8.70. The van der Waals surface area contributed by atoms with Crippen molar-refractivity contribution in [2.75, 3.05) is 6.61 Å². The summed E-state index contributed by atoms with van der Waals surface area (Å²) in [5.41, 5.74) is 4.03. The Labute approximate surface area is 158 Å². The maximum absolute atomic E-state index is 12.4. The molecule has 0 aromatic heterocycles. The molecule has 0 N–H and O–H groups in total. The third-order valence-corrected chi connectivity index (χ3v) is 5.97. The summed E-state index contributed by atoms with van der Waals surface area (Å²) in [6.45, 7) is 8.81. The van der Waals surface area contributed by atoms with Crippen LogP contribution in [0.15, 0.2) is 70.2 Å². The van der Waals surface area contributed by atoms with E-state index >= 15 is 0 Å². The van der Waals surface area contributed by atoms with Crippen LogP contribution in [0.1, 0.15) is 53.4 Å². The van der Waals surface area contributed by atoms with Gasteiger partial charge in [0.15, 0.2) is 8.77 Å². The Kier molecular flexibility index (Phi) is 9.94. The van der Waals surface area contributed by atoms with E-state index in [0.717, 1.165) is 25.7 Å². The SMILES string of the molecule is CC(C)=CCCC(C)=CCCC(C)=CCOS(=O)(=S)c1ccccc1. The van der Waals surface area contributed by atoms with Crippen LogP contribution in [0.4, 0.5) is 0 Å². The molecule has 0 saturated carbocycles. The van der Waals surface area contributed by atoms with E-state index in [2.05, 4.69) is 39.8 Å². The van der Waals surface area contributed by atoms with Crippen LogP contribution in [-0.2, 0) is 24.1 Å².